The highest BCUT2D eigenvalue weighted by molar-refractivity contribution is 7.17. The van der Waals surface area contributed by atoms with E-state index in [4.69, 9.17) is 16.7 Å². The highest BCUT2D eigenvalue weighted by Gasteiger charge is 2.37. The summed E-state index contributed by atoms with van der Waals surface area (Å²) in [6.07, 6.45) is 3.70. The molecule has 0 aliphatic carbocycles. The Balaban J connectivity index is 2.01. The minimum absolute atomic E-state index is 0.152. The van der Waals surface area contributed by atoms with Gasteiger partial charge < -0.3 is 10.0 Å². The Morgan fingerprint density at radius 3 is 2.79 bits per heavy atom. The first-order chi connectivity index (χ1) is 8.99. The van der Waals surface area contributed by atoms with Gasteiger partial charge in [-0.05, 0) is 31.6 Å². The Labute approximate surface area is 120 Å². The zero-order chi connectivity index (χ0) is 14.0. The molecule has 0 saturated carbocycles. The molecule has 2 rings (SSSR count). The summed E-state index contributed by atoms with van der Waals surface area (Å²) in [6, 6.07) is 3.35. The molecule has 1 aromatic heterocycles. The average molecular weight is 300 g/mol. The highest BCUT2D eigenvalue weighted by atomic mass is 35.5. The molecule has 6 heteroatoms. The third kappa shape index (κ3) is 3.16. The normalized spacial score (nSPS) is 23.2. The van der Waals surface area contributed by atoms with Crippen molar-refractivity contribution < 1.29 is 14.7 Å². The van der Waals surface area contributed by atoms with E-state index in [1.54, 1.807) is 24.0 Å². The molecule has 2 unspecified atom stereocenters. The van der Waals surface area contributed by atoms with Gasteiger partial charge in [0.15, 0.2) is 0 Å². The summed E-state index contributed by atoms with van der Waals surface area (Å²) in [4.78, 5) is 25.5. The molecule has 1 fully saturated rings. The number of carbonyl (C=O) groups excluding carboxylic acids is 1. The lowest BCUT2D eigenvalue weighted by Crippen LogP contribution is -2.36. The van der Waals surface area contributed by atoms with Crippen molar-refractivity contribution >= 4 is 40.9 Å². The number of likely N-dealkylation sites (tertiary alicyclic amines) is 1. The number of carbonyl (C=O) groups is 2. The van der Waals surface area contributed by atoms with Gasteiger partial charge in [-0.1, -0.05) is 11.6 Å². The first-order valence-corrected chi connectivity index (χ1v) is 7.15. The lowest BCUT2D eigenvalue weighted by Gasteiger charge is -2.21. The van der Waals surface area contributed by atoms with Gasteiger partial charge >= 0.3 is 5.97 Å². The van der Waals surface area contributed by atoms with Crippen molar-refractivity contribution in [3.05, 3.63) is 27.4 Å². The van der Waals surface area contributed by atoms with E-state index in [9.17, 15) is 9.59 Å². The summed E-state index contributed by atoms with van der Waals surface area (Å²) in [5, 5.41) is 9.02. The van der Waals surface area contributed by atoms with Gasteiger partial charge in [0.1, 0.15) is 0 Å². The largest absolute Gasteiger partial charge is 0.481 e. The summed E-state index contributed by atoms with van der Waals surface area (Å²) in [5.74, 6) is -1.45. The zero-order valence-corrected chi connectivity index (χ0v) is 11.9. The molecule has 2 atom stereocenters. The molecule has 0 radical (unpaired) electrons. The van der Waals surface area contributed by atoms with E-state index in [-0.39, 0.29) is 11.9 Å². The molecular weight excluding hydrogens is 286 g/mol. The Bertz CT molecular complexity index is 526. The quantitative estimate of drug-likeness (QED) is 0.873. The van der Waals surface area contributed by atoms with Gasteiger partial charge in [0, 0.05) is 23.5 Å². The summed E-state index contributed by atoms with van der Waals surface area (Å²) in [5.41, 5.74) is 0. The number of carboxylic acid groups (broad SMARTS) is 1. The maximum Gasteiger partial charge on any atom is 0.308 e. The van der Waals surface area contributed by atoms with E-state index in [1.807, 2.05) is 6.07 Å². The molecule has 0 spiro atoms. The first-order valence-electron chi connectivity index (χ1n) is 5.96. The fourth-order valence-electron chi connectivity index (χ4n) is 2.25. The smallest absolute Gasteiger partial charge is 0.308 e. The van der Waals surface area contributed by atoms with E-state index < -0.39 is 11.9 Å². The number of hydrogen-bond acceptors (Lipinski definition) is 3. The van der Waals surface area contributed by atoms with E-state index in [0.717, 1.165) is 4.88 Å². The molecule has 4 nitrogen and oxygen atoms in total. The van der Waals surface area contributed by atoms with E-state index in [1.165, 1.54) is 17.4 Å². The lowest BCUT2D eigenvalue weighted by atomic mass is 10.0. The summed E-state index contributed by atoms with van der Waals surface area (Å²) >= 11 is 7.20. The molecule has 1 aromatic rings. The molecule has 1 N–H and O–H groups in total. The maximum absolute atomic E-state index is 12.0. The first kappa shape index (κ1) is 14.1. The number of rotatable bonds is 3. The fraction of sp³-hybridized carbons (Fsp3) is 0.385. The topological polar surface area (TPSA) is 57.6 Å². The van der Waals surface area contributed by atoms with Gasteiger partial charge in [-0.15, -0.1) is 11.3 Å². The van der Waals surface area contributed by atoms with Gasteiger partial charge in [0.25, 0.3) is 0 Å². The summed E-state index contributed by atoms with van der Waals surface area (Å²) in [7, 11) is 0. The minimum Gasteiger partial charge on any atom is -0.481 e. The predicted molar refractivity (Wildman–Crippen MR) is 75.3 cm³/mol. The van der Waals surface area contributed by atoms with Crippen LogP contribution in [0.2, 0.25) is 4.34 Å². The number of amides is 1. The fourth-order valence-corrected chi connectivity index (χ4v) is 3.21. The molecule has 1 aliphatic rings. The van der Waals surface area contributed by atoms with E-state index in [0.29, 0.717) is 17.3 Å². The number of carboxylic acids is 1. The van der Waals surface area contributed by atoms with E-state index >= 15 is 0 Å². The number of thiophene rings is 1. The van der Waals surface area contributed by atoms with Crippen LogP contribution in [0.4, 0.5) is 0 Å². The van der Waals surface area contributed by atoms with Crippen LogP contribution < -0.4 is 0 Å². The van der Waals surface area contributed by atoms with Crippen LogP contribution in [0.5, 0.6) is 0 Å². The van der Waals surface area contributed by atoms with Crippen LogP contribution in [-0.2, 0) is 9.59 Å². The van der Waals surface area contributed by atoms with Crippen LogP contribution in [0.25, 0.3) is 6.08 Å². The second-order valence-electron chi connectivity index (χ2n) is 4.48. The van der Waals surface area contributed by atoms with Crippen LogP contribution >= 0.6 is 22.9 Å². The molecular formula is C13H14ClNO3S. The van der Waals surface area contributed by atoms with Crippen molar-refractivity contribution in [2.75, 3.05) is 6.54 Å². The zero-order valence-electron chi connectivity index (χ0n) is 10.4. The van der Waals surface area contributed by atoms with Gasteiger partial charge in [0.2, 0.25) is 5.91 Å². The van der Waals surface area contributed by atoms with Crippen molar-refractivity contribution in [2.24, 2.45) is 5.92 Å². The second kappa shape index (κ2) is 5.75. The third-order valence-corrected chi connectivity index (χ3v) is 4.54. The minimum atomic E-state index is -0.836. The van der Waals surface area contributed by atoms with Crippen LogP contribution in [0, 0.1) is 5.92 Å². The van der Waals surface area contributed by atoms with Crippen LogP contribution in [0.15, 0.2) is 18.2 Å². The molecule has 1 saturated heterocycles. The highest BCUT2D eigenvalue weighted by Crippen LogP contribution is 2.25. The van der Waals surface area contributed by atoms with Gasteiger partial charge in [-0.2, -0.15) is 0 Å². The predicted octanol–water partition coefficient (Wildman–Crippen LogP) is 2.74. The second-order valence-corrected chi connectivity index (χ2v) is 6.23. The molecule has 19 heavy (non-hydrogen) atoms. The van der Waals surface area contributed by atoms with Crippen LogP contribution in [-0.4, -0.2) is 34.5 Å². The number of halogens is 1. The Hall–Kier alpha value is -1.33. The maximum atomic E-state index is 12.0. The summed E-state index contributed by atoms with van der Waals surface area (Å²) < 4.78 is 0.674. The van der Waals surface area contributed by atoms with Crippen molar-refractivity contribution in [1.29, 1.82) is 0 Å². The Morgan fingerprint density at radius 1 is 1.53 bits per heavy atom. The van der Waals surface area contributed by atoms with Crippen LogP contribution in [0.1, 0.15) is 18.2 Å². The standard InChI is InChI=1S/C13H14ClNO3S/c1-8-10(13(17)18)6-7-15(8)12(16)5-3-9-2-4-11(14)19-9/h2-5,8,10H,6-7H2,1H3,(H,17,18). The molecule has 102 valence electrons. The monoisotopic (exact) mass is 299 g/mol. The Kier molecular flexibility index (Phi) is 4.27. The molecule has 0 aromatic carbocycles. The van der Waals surface area contributed by atoms with Gasteiger partial charge in [-0.3, -0.25) is 9.59 Å². The SMILES string of the molecule is CC1C(C(=O)O)CCN1C(=O)C=Cc1ccc(Cl)s1. The number of nitrogens with zero attached hydrogens (tertiary/aromatic N) is 1. The average Bonchev–Trinajstić information content (AvgIpc) is 2.92. The van der Waals surface area contributed by atoms with Crippen molar-refractivity contribution in [3.63, 3.8) is 0 Å². The van der Waals surface area contributed by atoms with Crippen molar-refractivity contribution in [1.82, 2.24) is 4.90 Å². The molecule has 0 bridgehead atoms. The number of aliphatic carboxylic acids is 1. The van der Waals surface area contributed by atoms with Crippen LogP contribution in [0.3, 0.4) is 0 Å². The molecule has 2 heterocycles. The molecule has 1 aliphatic heterocycles. The lowest BCUT2D eigenvalue weighted by molar-refractivity contribution is -0.142. The molecule has 1 amide bonds. The summed E-state index contributed by atoms with van der Waals surface area (Å²) in [6.45, 7) is 2.27. The third-order valence-electron chi connectivity index (χ3n) is 3.34. The Morgan fingerprint density at radius 2 is 2.26 bits per heavy atom. The van der Waals surface area contributed by atoms with E-state index in [2.05, 4.69) is 0 Å². The van der Waals surface area contributed by atoms with Gasteiger partial charge in [-0.25, -0.2) is 0 Å². The number of hydrogen-bond donors (Lipinski definition) is 1. The van der Waals surface area contributed by atoms with Crippen molar-refractivity contribution in [3.8, 4) is 0 Å². The van der Waals surface area contributed by atoms with Gasteiger partial charge in [0.05, 0.1) is 10.3 Å². The van der Waals surface area contributed by atoms with Crippen molar-refractivity contribution in [2.45, 2.75) is 19.4 Å².